The number of hydrogen-bond acceptors (Lipinski definition) is 4. The highest BCUT2D eigenvalue weighted by Crippen LogP contribution is 2.30. The molecule has 2 aromatic carbocycles. The molecular formula is C18H22FN3O3. The number of methoxy groups -OCH3 is 1. The van der Waals surface area contributed by atoms with Gasteiger partial charge in [0.05, 0.1) is 13.7 Å². The maximum atomic E-state index is 13.4. The van der Waals surface area contributed by atoms with Gasteiger partial charge < -0.3 is 25.2 Å². The largest absolute Gasteiger partial charge is 0.505 e. The Morgan fingerprint density at radius 2 is 2.00 bits per heavy atom. The zero-order valence-electron chi connectivity index (χ0n) is 14.5. The number of ether oxygens (including phenoxy) is 2. The van der Waals surface area contributed by atoms with Crippen LogP contribution in [0, 0.1) is 5.82 Å². The molecule has 0 unspecified atom stereocenters. The standard InChI is InChI=1S/C18H22FN3O3/c1-4-25-17-10-13(6-8-16(17)24-3)22-18(20-2)21-11-12-5-7-15(23)14(19)9-12/h5-10,23H,4,11H2,1-3H3,(H2,20,21,22). The van der Waals surface area contributed by atoms with Gasteiger partial charge in [-0.3, -0.25) is 4.99 Å². The third kappa shape index (κ3) is 5.00. The lowest BCUT2D eigenvalue weighted by atomic mass is 10.2. The number of benzene rings is 2. The van der Waals surface area contributed by atoms with Crippen molar-refractivity contribution in [2.24, 2.45) is 4.99 Å². The molecule has 134 valence electrons. The molecule has 2 aromatic rings. The molecule has 0 spiro atoms. The van der Waals surface area contributed by atoms with E-state index in [4.69, 9.17) is 9.47 Å². The van der Waals surface area contributed by atoms with Gasteiger partial charge in [-0.05, 0) is 36.8 Å². The molecule has 0 aliphatic carbocycles. The maximum absolute atomic E-state index is 13.4. The predicted molar refractivity (Wildman–Crippen MR) is 96.0 cm³/mol. The normalized spacial score (nSPS) is 11.1. The van der Waals surface area contributed by atoms with Crippen LogP contribution in [0.1, 0.15) is 12.5 Å². The van der Waals surface area contributed by atoms with Crippen LogP contribution >= 0.6 is 0 Å². The van der Waals surface area contributed by atoms with Gasteiger partial charge in [0.2, 0.25) is 0 Å². The highest BCUT2D eigenvalue weighted by atomic mass is 19.1. The van der Waals surface area contributed by atoms with Crippen LogP contribution in [-0.2, 0) is 6.54 Å². The summed E-state index contributed by atoms with van der Waals surface area (Å²) < 4.78 is 24.2. The molecule has 0 aromatic heterocycles. The first-order valence-corrected chi connectivity index (χ1v) is 7.83. The summed E-state index contributed by atoms with van der Waals surface area (Å²) in [5.41, 5.74) is 1.46. The van der Waals surface area contributed by atoms with Crippen LogP contribution in [-0.4, -0.2) is 31.8 Å². The Bertz CT molecular complexity index is 750. The Morgan fingerprint density at radius 1 is 1.20 bits per heavy atom. The second kappa shape index (κ2) is 8.77. The minimum Gasteiger partial charge on any atom is -0.505 e. The summed E-state index contributed by atoms with van der Waals surface area (Å²) in [6.45, 7) is 2.78. The summed E-state index contributed by atoms with van der Waals surface area (Å²) in [4.78, 5) is 4.14. The summed E-state index contributed by atoms with van der Waals surface area (Å²) >= 11 is 0. The van der Waals surface area contributed by atoms with E-state index >= 15 is 0 Å². The Balaban J connectivity index is 2.04. The van der Waals surface area contributed by atoms with E-state index in [-0.39, 0.29) is 5.75 Å². The molecule has 0 aliphatic heterocycles. The van der Waals surface area contributed by atoms with Crippen LogP contribution in [0.25, 0.3) is 0 Å². The molecule has 0 saturated heterocycles. The molecule has 0 aliphatic rings. The van der Waals surface area contributed by atoms with Gasteiger partial charge in [0.15, 0.2) is 29.0 Å². The number of rotatable bonds is 6. The Labute approximate surface area is 146 Å². The molecule has 0 atom stereocenters. The Morgan fingerprint density at radius 3 is 2.64 bits per heavy atom. The van der Waals surface area contributed by atoms with Crippen molar-refractivity contribution < 1.29 is 19.0 Å². The number of nitrogens with one attached hydrogen (secondary N) is 2. The smallest absolute Gasteiger partial charge is 0.195 e. The highest BCUT2D eigenvalue weighted by molar-refractivity contribution is 5.93. The number of phenolic OH excluding ortho intramolecular Hbond substituents is 1. The summed E-state index contributed by atoms with van der Waals surface area (Å²) in [5.74, 6) is 0.772. The monoisotopic (exact) mass is 347 g/mol. The van der Waals surface area contributed by atoms with E-state index in [9.17, 15) is 9.50 Å². The van der Waals surface area contributed by atoms with Crippen LogP contribution in [0.2, 0.25) is 0 Å². The topological polar surface area (TPSA) is 75.1 Å². The van der Waals surface area contributed by atoms with Crippen molar-refractivity contribution in [2.75, 3.05) is 26.1 Å². The number of nitrogens with zero attached hydrogens (tertiary/aromatic N) is 1. The lowest BCUT2D eigenvalue weighted by molar-refractivity contribution is 0.311. The first-order valence-electron chi connectivity index (χ1n) is 7.83. The van der Waals surface area contributed by atoms with Gasteiger partial charge in [-0.1, -0.05) is 6.07 Å². The lowest BCUT2D eigenvalue weighted by Gasteiger charge is -2.15. The Hall–Kier alpha value is -2.96. The van der Waals surface area contributed by atoms with Crippen molar-refractivity contribution >= 4 is 11.6 Å². The third-order valence-electron chi connectivity index (χ3n) is 3.42. The van der Waals surface area contributed by atoms with Gasteiger partial charge in [-0.2, -0.15) is 0 Å². The number of aromatic hydroxyl groups is 1. The summed E-state index contributed by atoms with van der Waals surface area (Å²) in [5, 5.41) is 15.4. The minimum atomic E-state index is -0.654. The summed E-state index contributed by atoms with van der Waals surface area (Å²) in [7, 11) is 3.22. The second-order valence-electron chi connectivity index (χ2n) is 5.14. The van der Waals surface area contributed by atoms with Crippen molar-refractivity contribution in [1.82, 2.24) is 5.32 Å². The second-order valence-corrected chi connectivity index (χ2v) is 5.14. The first kappa shape index (κ1) is 18.4. The van der Waals surface area contributed by atoms with E-state index in [0.29, 0.717) is 36.2 Å². The minimum absolute atomic E-state index is 0.353. The maximum Gasteiger partial charge on any atom is 0.195 e. The van der Waals surface area contributed by atoms with E-state index < -0.39 is 5.82 Å². The van der Waals surface area contributed by atoms with Crippen LogP contribution in [0.5, 0.6) is 17.2 Å². The molecule has 0 amide bonds. The zero-order valence-corrected chi connectivity index (χ0v) is 14.5. The van der Waals surface area contributed by atoms with E-state index in [0.717, 1.165) is 5.69 Å². The number of aliphatic imine (C=N–C) groups is 1. The van der Waals surface area contributed by atoms with E-state index in [1.165, 1.54) is 12.1 Å². The fourth-order valence-corrected chi connectivity index (χ4v) is 2.18. The molecule has 0 fully saturated rings. The van der Waals surface area contributed by atoms with Crippen molar-refractivity contribution in [3.05, 3.63) is 47.8 Å². The molecule has 7 heteroatoms. The fraction of sp³-hybridized carbons (Fsp3) is 0.278. The molecule has 3 N–H and O–H groups in total. The fourth-order valence-electron chi connectivity index (χ4n) is 2.18. The van der Waals surface area contributed by atoms with Crippen molar-refractivity contribution in [3.8, 4) is 17.2 Å². The van der Waals surface area contributed by atoms with Crippen molar-refractivity contribution in [2.45, 2.75) is 13.5 Å². The average Bonchev–Trinajstić information content (AvgIpc) is 2.62. The van der Waals surface area contributed by atoms with E-state index in [1.54, 1.807) is 26.3 Å². The SMILES string of the molecule is CCOc1cc(NC(=NC)NCc2ccc(O)c(F)c2)ccc1OC. The molecule has 25 heavy (non-hydrogen) atoms. The van der Waals surface area contributed by atoms with Gasteiger partial charge in [0.1, 0.15) is 0 Å². The van der Waals surface area contributed by atoms with E-state index in [1.807, 2.05) is 19.1 Å². The van der Waals surface area contributed by atoms with Gasteiger partial charge >= 0.3 is 0 Å². The molecule has 0 bridgehead atoms. The predicted octanol–water partition coefficient (Wildman–Crippen LogP) is 3.13. The third-order valence-corrected chi connectivity index (χ3v) is 3.42. The van der Waals surface area contributed by atoms with Crippen LogP contribution in [0.15, 0.2) is 41.4 Å². The quantitative estimate of drug-likeness (QED) is 0.553. The molecule has 0 heterocycles. The molecule has 6 nitrogen and oxygen atoms in total. The lowest BCUT2D eigenvalue weighted by Crippen LogP contribution is -2.30. The number of halogens is 1. The van der Waals surface area contributed by atoms with Crippen molar-refractivity contribution in [3.63, 3.8) is 0 Å². The highest BCUT2D eigenvalue weighted by Gasteiger charge is 2.07. The van der Waals surface area contributed by atoms with Gasteiger partial charge in [0.25, 0.3) is 0 Å². The van der Waals surface area contributed by atoms with Crippen LogP contribution < -0.4 is 20.1 Å². The van der Waals surface area contributed by atoms with E-state index in [2.05, 4.69) is 15.6 Å². The Kier molecular flexibility index (Phi) is 6.45. The van der Waals surface area contributed by atoms with Gasteiger partial charge in [-0.25, -0.2) is 4.39 Å². The van der Waals surface area contributed by atoms with Gasteiger partial charge in [0, 0.05) is 25.3 Å². The molecule has 0 saturated carbocycles. The van der Waals surface area contributed by atoms with Crippen LogP contribution in [0.3, 0.4) is 0 Å². The summed E-state index contributed by atoms with van der Waals surface area (Å²) in [6, 6.07) is 9.69. The average molecular weight is 347 g/mol. The summed E-state index contributed by atoms with van der Waals surface area (Å²) in [6.07, 6.45) is 0. The number of phenols is 1. The number of guanidine groups is 1. The first-order chi connectivity index (χ1) is 12.1. The van der Waals surface area contributed by atoms with Crippen molar-refractivity contribution in [1.29, 1.82) is 0 Å². The van der Waals surface area contributed by atoms with Crippen LogP contribution in [0.4, 0.5) is 10.1 Å². The number of anilines is 1. The number of hydrogen-bond donors (Lipinski definition) is 3. The molecule has 0 radical (unpaired) electrons. The van der Waals surface area contributed by atoms with Gasteiger partial charge in [-0.15, -0.1) is 0 Å². The zero-order chi connectivity index (χ0) is 18.2. The molecule has 2 rings (SSSR count). The molecular weight excluding hydrogens is 325 g/mol.